The molecular formula is C13H28N2O2. The number of hydrogen-bond acceptors (Lipinski definition) is 3. The quantitative estimate of drug-likeness (QED) is 0.481. The Morgan fingerprint density at radius 2 is 2.00 bits per heavy atom. The summed E-state index contributed by atoms with van der Waals surface area (Å²) < 4.78 is 0. The van der Waals surface area contributed by atoms with Crippen LogP contribution in [0.25, 0.3) is 0 Å². The highest BCUT2D eigenvalue weighted by atomic mass is 16.3. The normalized spacial score (nSPS) is 12.4. The standard InChI is InChI=1S/C13H28N2O2/c1-2-12(8-10-16)11-15-13(17)7-5-3-4-6-9-14/h12,16H,2-11,14H2,1H3,(H,15,17). The zero-order valence-electron chi connectivity index (χ0n) is 11.1. The molecule has 0 bridgehead atoms. The SMILES string of the molecule is CCC(CCO)CNC(=O)CCCCCCN. The van der Waals surface area contributed by atoms with Gasteiger partial charge >= 0.3 is 0 Å². The molecule has 0 fully saturated rings. The maximum absolute atomic E-state index is 11.5. The summed E-state index contributed by atoms with van der Waals surface area (Å²) >= 11 is 0. The van der Waals surface area contributed by atoms with Gasteiger partial charge in [-0.2, -0.15) is 0 Å². The Morgan fingerprint density at radius 1 is 1.29 bits per heavy atom. The van der Waals surface area contributed by atoms with Crippen LogP contribution >= 0.6 is 0 Å². The summed E-state index contributed by atoms with van der Waals surface area (Å²) in [5.74, 6) is 0.537. The molecule has 17 heavy (non-hydrogen) atoms. The van der Waals surface area contributed by atoms with Gasteiger partial charge in [0.15, 0.2) is 0 Å². The van der Waals surface area contributed by atoms with E-state index < -0.39 is 0 Å². The first kappa shape index (κ1) is 16.4. The van der Waals surface area contributed by atoms with Crippen molar-refractivity contribution in [2.24, 2.45) is 11.7 Å². The number of rotatable bonds is 11. The molecule has 0 radical (unpaired) electrons. The fourth-order valence-corrected chi connectivity index (χ4v) is 1.76. The van der Waals surface area contributed by atoms with E-state index in [-0.39, 0.29) is 12.5 Å². The number of unbranched alkanes of at least 4 members (excludes halogenated alkanes) is 3. The lowest BCUT2D eigenvalue weighted by atomic mass is 10.0. The van der Waals surface area contributed by atoms with Crippen LogP contribution in [0.3, 0.4) is 0 Å². The van der Waals surface area contributed by atoms with Gasteiger partial charge in [0.2, 0.25) is 5.91 Å². The molecule has 0 heterocycles. The minimum atomic E-state index is 0.133. The van der Waals surface area contributed by atoms with Crippen LogP contribution in [0.5, 0.6) is 0 Å². The van der Waals surface area contributed by atoms with Gasteiger partial charge in [-0.05, 0) is 31.7 Å². The van der Waals surface area contributed by atoms with Crippen molar-refractivity contribution < 1.29 is 9.90 Å². The number of aliphatic hydroxyl groups is 1. The molecule has 0 aliphatic carbocycles. The molecule has 0 saturated heterocycles. The van der Waals surface area contributed by atoms with E-state index in [9.17, 15) is 4.79 Å². The Labute approximate surface area is 105 Å². The number of carbonyl (C=O) groups excluding carboxylic acids is 1. The van der Waals surface area contributed by atoms with Crippen LogP contribution in [0, 0.1) is 5.92 Å². The third-order valence-electron chi connectivity index (χ3n) is 3.06. The molecule has 0 aromatic heterocycles. The molecule has 1 atom stereocenters. The van der Waals surface area contributed by atoms with Crippen LogP contribution in [0.2, 0.25) is 0 Å². The topological polar surface area (TPSA) is 75.3 Å². The molecule has 4 heteroatoms. The van der Waals surface area contributed by atoms with Crippen molar-refractivity contribution in [2.75, 3.05) is 19.7 Å². The Morgan fingerprint density at radius 3 is 2.59 bits per heavy atom. The number of aliphatic hydroxyl groups excluding tert-OH is 1. The molecule has 0 aliphatic heterocycles. The molecule has 0 rings (SSSR count). The monoisotopic (exact) mass is 244 g/mol. The summed E-state index contributed by atoms with van der Waals surface area (Å²) in [6, 6.07) is 0. The zero-order valence-corrected chi connectivity index (χ0v) is 11.1. The van der Waals surface area contributed by atoms with Gasteiger partial charge in [0.1, 0.15) is 0 Å². The zero-order chi connectivity index (χ0) is 12.9. The smallest absolute Gasteiger partial charge is 0.220 e. The lowest BCUT2D eigenvalue weighted by molar-refractivity contribution is -0.121. The second-order valence-electron chi connectivity index (χ2n) is 4.54. The predicted molar refractivity (Wildman–Crippen MR) is 70.6 cm³/mol. The molecule has 0 saturated carbocycles. The van der Waals surface area contributed by atoms with Crippen LogP contribution < -0.4 is 11.1 Å². The Hall–Kier alpha value is -0.610. The number of nitrogens with two attached hydrogens (primary N) is 1. The Kier molecular flexibility index (Phi) is 11.4. The number of amides is 1. The molecular weight excluding hydrogens is 216 g/mol. The Balaban J connectivity index is 3.44. The number of nitrogens with one attached hydrogen (secondary N) is 1. The van der Waals surface area contributed by atoms with E-state index in [0.29, 0.717) is 18.9 Å². The number of hydrogen-bond donors (Lipinski definition) is 3. The van der Waals surface area contributed by atoms with Crippen molar-refractivity contribution in [3.8, 4) is 0 Å². The van der Waals surface area contributed by atoms with Gasteiger partial charge in [-0.1, -0.05) is 26.2 Å². The molecule has 0 aliphatic rings. The van der Waals surface area contributed by atoms with Crippen molar-refractivity contribution in [1.82, 2.24) is 5.32 Å². The van der Waals surface area contributed by atoms with E-state index in [2.05, 4.69) is 12.2 Å². The summed E-state index contributed by atoms with van der Waals surface area (Å²) in [5, 5.41) is 11.8. The highest BCUT2D eigenvalue weighted by Crippen LogP contribution is 2.06. The largest absolute Gasteiger partial charge is 0.396 e. The molecule has 0 aromatic rings. The first-order valence-corrected chi connectivity index (χ1v) is 6.82. The summed E-state index contributed by atoms with van der Waals surface area (Å²) in [6.45, 7) is 3.72. The van der Waals surface area contributed by atoms with Crippen molar-refractivity contribution in [3.63, 3.8) is 0 Å². The van der Waals surface area contributed by atoms with E-state index in [1.54, 1.807) is 0 Å². The van der Waals surface area contributed by atoms with Gasteiger partial charge < -0.3 is 16.2 Å². The third-order valence-corrected chi connectivity index (χ3v) is 3.06. The van der Waals surface area contributed by atoms with Crippen molar-refractivity contribution >= 4 is 5.91 Å². The summed E-state index contributed by atoms with van der Waals surface area (Å²) in [4.78, 5) is 11.5. The molecule has 0 spiro atoms. The van der Waals surface area contributed by atoms with Crippen LogP contribution in [0.1, 0.15) is 51.9 Å². The molecule has 0 aromatic carbocycles. The third kappa shape index (κ3) is 10.3. The molecule has 1 amide bonds. The lowest BCUT2D eigenvalue weighted by Crippen LogP contribution is -2.29. The van der Waals surface area contributed by atoms with Crippen molar-refractivity contribution in [2.45, 2.75) is 51.9 Å². The average molecular weight is 244 g/mol. The minimum Gasteiger partial charge on any atom is -0.396 e. The summed E-state index contributed by atoms with van der Waals surface area (Å²) in [6.07, 6.45) is 6.58. The van der Waals surface area contributed by atoms with Gasteiger partial charge in [0, 0.05) is 19.6 Å². The molecule has 4 nitrogen and oxygen atoms in total. The average Bonchev–Trinajstić information content (AvgIpc) is 2.34. The van der Waals surface area contributed by atoms with Gasteiger partial charge in [-0.15, -0.1) is 0 Å². The molecule has 1 unspecified atom stereocenters. The minimum absolute atomic E-state index is 0.133. The second kappa shape index (κ2) is 11.9. The van der Waals surface area contributed by atoms with Crippen molar-refractivity contribution in [3.05, 3.63) is 0 Å². The van der Waals surface area contributed by atoms with E-state index in [4.69, 9.17) is 10.8 Å². The highest BCUT2D eigenvalue weighted by molar-refractivity contribution is 5.75. The summed E-state index contributed by atoms with van der Waals surface area (Å²) in [7, 11) is 0. The molecule has 102 valence electrons. The van der Waals surface area contributed by atoms with Gasteiger partial charge in [0.05, 0.1) is 0 Å². The summed E-state index contributed by atoms with van der Waals surface area (Å²) in [5.41, 5.74) is 5.40. The van der Waals surface area contributed by atoms with Crippen LogP contribution in [-0.4, -0.2) is 30.7 Å². The fourth-order valence-electron chi connectivity index (χ4n) is 1.76. The predicted octanol–water partition coefficient (Wildman–Crippen LogP) is 1.42. The first-order chi connectivity index (χ1) is 8.24. The van der Waals surface area contributed by atoms with E-state index in [0.717, 1.165) is 45.1 Å². The van der Waals surface area contributed by atoms with Crippen LogP contribution in [0.4, 0.5) is 0 Å². The maximum Gasteiger partial charge on any atom is 0.220 e. The lowest BCUT2D eigenvalue weighted by Gasteiger charge is -2.14. The van der Waals surface area contributed by atoms with E-state index in [1.165, 1.54) is 0 Å². The maximum atomic E-state index is 11.5. The van der Waals surface area contributed by atoms with Crippen LogP contribution in [0.15, 0.2) is 0 Å². The van der Waals surface area contributed by atoms with Crippen LogP contribution in [-0.2, 0) is 4.79 Å². The van der Waals surface area contributed by atoms with Gasteiger partial charge in [0.25, 0.3) is 0 Å². The van der Waals surface area contributed by atoms with Crippen molar-refractivity contribution in [1.29, 1.82) is 0 Å². The van der Waals surface area contributed by atoms with Gasteiger partial charge in [-0.3, -0.25) is 4.79 Å². The van der Waals surface area contributed by atoms with E-state index in [1.807, 2.05) is 0 Å². The molecule has 4 N–H and O–H groups in total. The highest BCUT2D eigenvalue weighted by Gasteiger charge is 2.07. The number of carbonyl (C=O) groups is 1. The van der Waals surface area contributed by atoms with E-state index >= 15 is 0 Å². The van der Waals surface area contributed by atoms with Gasteiger partial charge in [-0.25, -0.2) is 0 Å². The fraction of sp³-hybridized carbons (Fsp3) is 0.923. The second-order valence-corrected chi connectivity index (χ2v) is 4.54. The Bertz CT molecular complexity index is 186. The first-order valence-electron chi connectivity index (χ1n) is 6.82.